The van der Waals surface area contributed by atoms with Gasteiger partial charge in [0.1, 0.15) is 0 Å². The fourth-order valence-corrected chi connectivity index (χ4v) is 3.47. The number of halogens is 2. The van der Waals surface area contributed by atoms with Crippen molar-refractivity contribution in [2.24, 2.45) is 5.73 Å². The molecule has 1 heterocycles. The van der Waals surface area contributed by atoms with Crippen LogP contribution < -0.4 is 5.73 Å². The van der Waals surface area contributed by atoms with Crippen LogP contribution in [0.4, 0.5) is 0 Å². The molecule has 0 saturated carbocycles. The van der Waals surface area contributed by atoms with Gasteiger partial charge in [-0.2, -0.15) is 0 Å². The molecule has 0 spiro atoms. The number of rotatable bonds is 5. The predicted molar refractivity (Wildman–Crippen MR) is 99.8 cm³/mol. The molecule has 3 N–H and O–H groups in total. The summed E-state index contributed by atoms with van der Waals surface area (Å²) in [6, 6.07) is 11.6. The molecule has 5 heteroatoms. The van der Waals surface area contributed by atoms with E-state index in [9.17, 15) is 4.79 Å². The Morgan fingerprint density at radius 3 is 2.67 bits per heavy atom. The molecule has 1 atom stereocenters. The molecule has 0 aliphatic heterocycles. The van der Waals surface area contributed by atoms with Crippen LogP contribution in [-0.4, -0.2) is 10.9 Å². The zero-order chi connectivity index (χ0) is 17.3. The number of amides is 1. The van der Waals surface area contributed by atoms with Crippen molar-refractivity contribution in [1.29, 1.82) is 0 Å². The SMILES string of the molecule is CCc1cccc2c([C@@H](CC(N)=O)c3ccc(Cl)c(Cl)c3)c[nH]c12. The number of carbonyl (C=O) groups excluding carboxylic acids is 1. The van der Waals surface area contributed by atoms with Crippen molar-refractivity contribution in [3.63, 3.8) is 0 Å². The Balaban J connectivity index is 2.16. The van der Waals surface area contributed by atoms with Gasteiger partial charge in [-0.3, -0.25) is 4.79 Å². The van der Waals surface area contributed by atoms with E-state index in [1.165, 1.54) is 5.56 Å². The first-order chi connectivity index (χ1) is 11.5. The summed E-state index contributed by atoms with van der Waals surface area (Å²) in [5.74, 6) is -0.523. The van der Waals surface area contributed by atoms with Crippen molar-refractivity contribution in [1.82, 2.24) is 4.98 Å². The van der Waals surface area contributed by atoms with Gasteiger partial charge in [-0.05, 0) is 35.2 Å². The lowest BCUT2D eigenvalue weighted by molar-refractivity contribution is -0.118. The molecule has 0 unspecified atom stereocenters. The molecule has 0 radical (unpaired) electrons. The Morgan fingerprint density at radius 2 is 2.00 bits per heavy atom. The Hall–Kier alpha value is -1.97. The molecule has 0 aliphatic rings. The Bertz CT molecular complexity index is 902. The third-order valence-electron chi connectivity index (χ3n) is 4.34. The second-order valence-corrected chi connectivity index (χ2v) is 6.65. The summed E-state index contributed by atoms with van der Waals surface area (Å²) in [7, 11) is 0. The molecule has 0 fully saturated rings. The number of benzene rings is 2. The average molecular weight is 361 g/mol. The van der Waals surface area contributed by atoms with E-state index < -0.39 is 0 Å². The lowest BCUT2D eigenvalue weighted by Gasteiger charge is -2.16. The fourth-order valence-electron chi connectivity index (χ4n) is 3.16. The minimum atomic E-state index is -0.355. The highest BCUT2D eigenvalue weighted by atomic mass is 35.5. The van der Waals surface area contributed by atoms with Gasteiger partial charge in [-0.25, -0.2) is 0 Å². The number of carbonyl (C=O) groups is 1. The molecule has 0 aliphatic carbocycles. The minimum absolute atomic E-state index is 0.168. The van der Waals surface area contributed by atoms with Crippen molar-refractivity contribution in [3.05, 3.63) is 69.3 Å². The van der Waals surface area contributed by atoms with Gasteiger partial charge < -0.3 is 10.7 Å². The molecular weight excluding hydrogens is 343 g/mol. The third-order valence-corrected chi connectivity index (χ3v) is 5.08. The van der Waals surface area contributed by atoms with Gasteiger partial charge in [0.15, 0.2) is 0 Å². The Morgan fingerprint density at radius 1 is 1.21 bits per heavy atom. The number of para-hydroxylation sites is 1. The number of hydrogen-bond acceptors (Lipinski definition) is 1. The molecule has 0 bridgehead atoms. The van der Waals surface area contributed by atoms with Gasteiger partial charge in [-0.1, -0.05) is 54.4 Å². The maximum absolute atomic E-state index is 11.6. The first-order valence-electron chi connectivity index (χ1n) is 7.83. The lowest BCUT2D eigenvalue weighted by atomic mass is 9.87. The quantitative estimate of drug-likeness (QED) is 0.657. The van der Waals surface area contributed by atoms with Gasteiger partial charge in [0.2, 0.25) is 5.91 Å². The van der Waals surface area contributed by atoms with E-state index in [1.807, 2.05) is 18.3 Å². The zero-order valence-corrected chi connectivity index (χ0v) is 14.8. The van der Waals surface area contributed by atoms with E-state index in [0.29, 0.717) is 10.0 Å². The van der Waals surface area contributed by atoms with Gasteiger partial charge >= 0.3 is 0 Å². The van der Waals surface area contributed by atoms with E-state index in [2.05, 4.69) is 24.0 Å². The maximum Gasteiger partial charge on any atom is 0.218 e. The molecule has 1 aromatic heterocycles. The number of nitrogens with one attached hydrogen (secondary N) is 1. The highest BCUT2D eigenvalue weighted by molar-refractivity contribution is 6.42. The van der Waals surface area contributed by atoms with Crippen LogP contribution in [0.5, 0.6) is 0 Å². The van der Waals surface area contributed by atoms with Gasteiger partial charge in [0, 0.05) is 29.4 Å². The van der Waals surface area contributed by atoms with Crippen molar-refractivity contribution in [2.75, 3.05) is 0 Å². The summed E-state index contributed by atoms with van der Waals surface area (Å²) in [6.45, 7) is 2.12. The summed E-state index contributed by atoms with van der Waals surface area (Å²) >= 11 is 12.2. The predicted octanol–water partition coefficient (Wildman–Crippen LogP) is 5.04. The number of aromatic nitrogens is 1. The number of H-pyrrole nitrogens is 1. The van der Waals surface area contributed by atoms with Crippen molar-refractivity contribution in [3.8, 4) is 0 Å². The Labute approximate surface area is 150 Å². The standard InChI is InChI=1S/C19H18Cl2N2O/c1-2-11-4-3-5-13-15(10-23-19(11)13)14(9-18(22)24)12-6-7-16(20)17(21)8-12/h3-8,10,14,23H,2,9H2,1H3,(H2,22,24)/t14-/m0/s1. The third kappa shape index (κ3) is 3.14. The number of fused-ring (bicyclic) bond motifs is 1. The molecule has 3 nitrogen and oxygen atoms in total. The van der Waals surface area contributed by atoms with E-state index >= 15 is 0 Å². The van der Waals surface area contributed by atoms with Gasteiger partial charge in [-0.15, -0.1) is 0 Å². The van der Waals surface area contributed by atoms with Gasteiger partial charge in [0.25, 0.3) is 0 Å². The molecule has 0 saturated heterocycles. The van der Waals surface area contributed by atoms with Crippen molar-refractivity contribution >= 4 is 40.0 Å². The molecule has 2 aromatic carbocycles. The molecule has 1 amide bonds. The normalized spacial score (nSPS) is 12.5. The summed E-state index contributed by atoms with van der Waals surface area (Å²) in [4.78, 5) is 15.0. The zero-order valence-electron chi connectivity index (χ0n) is 13.3. The first kappa shape index (κ1) is 16.9. The van der Waals surface area contributed by atoms with Crippen LogP contribution in [0.2, 0.25) is 10.0 Å². The average Bonchev–Trinajstić information content (AvgIpc) is 2.99. The lowest BCUT2D eigenvalue weighted by Crippen LogP contribution is -2.16. The van der Waals surface area contributed by atoms with Crippen LogP contribution in [0.25, 0.3) is 10.9 Å². The van der Waals surface area contributed by atoms with E-state index in [1.54, 1.807) is 12.1 Å². The fraction of sp³-hybridized carbons (Fsp3) is 0.211. The van der Waals surface area contributed by atoms with Crippen molar-refractivity contribution in [2.45, 2.75) is 25.7 Å². The second-order valence-electron chi connectivity index (χ2n) is 5.83. The Kier molecular flexibility index (Phi) is 4.83. The smallest absolute Gasteiger partial charge is 0.218 e. The summed E-state index contributed by atoms with van der Waals surface area (Å²) in [6.07, 6.45) is 3.10. The molecule has 3 aromatic rings. The largest absolute Gasteiger partial charge is 0.370 e. The first-order valence-corrected chi connectivity index (χ1v) is 8.59. The van der Waals surface area contributed by atoms with E-state index in [-0.39, 0.29) is 18.2 Å². The van der Waals surface area contributed by atoms with Crippen LogP contribution in [0.1, 0.15) is 36.0 Å². The van der Waals surface area contributed by atoms with Crippen LogP contribution in [0.15, 0.2) is 42.6 Å². The molecular formula is C19H18Cl2N2O. The number of nitrogens with two attached hydrogens (primary N) is 1. The number of hydrogen-bond donors (Lipinski definition) is 2. The van der Waals surface area contributed by atoms with E-state index in [0.717, 1.165) is 28.5 Å². The van der Waals surface area contributed by atoms with Crippen LogP contribution >= 0.6 is 23.2 Å². The topological polar surface area (TPSA) is 58.9 Å². The van der Waals surface area contributed by atoms with Crippen LogP contribution in [0, 0.1) is 0 Å². The highest BCUT2D eigenvalue weighted by Gasteiger charge is 2.21. The monoisotopic (exact) mass is 360 g/mol. The second kappa shape index (κ2) is 6.88. The van der Waals surface area contributed by atoms with Crippen LogP contribution in [0.3, 0.4) is 0 Å². The molecule has 24 heavy (non-hydrogen) atoms. The highest BCUT2D eigenvalue weighted by Crippen LogP contribution is 2.36. The summed E-state index contributed by atoms with van der Waals surface area (Å²) in [5, 5.41) is 2.06. The van der Waals surface area contributed by atoms with Crippen LogP contribution in [-0.2, 0) is 11.2 Å². The summed E-state index contributed by atoms with van der Waals surface area (Å²) < 4.78 is 0. The number of aryl methyl sites for hydroxylation is 1. The number of primary amides is 1. The van der Waals surface area contributed by atoms with Crippen molar-refractivity contribution < 1.29 is 4.79 Å². The minimum Gasteiger partial charge on any atom is -0.370 e. The molecule has 3 rings (SSSR count). The van der Waals surface area contributed by atoms with Gasteiger partial charge in [0.05, 0.1) is 10.0 Å². The van der Waals surface area contributed by atoms with E-state index in [4.69, 9.17) is 28.9 Å². The molecule has 124 valence electrons. The summed E-state index contributed by atoms with van der Waals surface area (Å²) in [5.41, 5.74) is 9.80. The maximum atomic E-state index is 11.6. The number of aromatic amines is 1.